The predicted molar refractivity (Wildman–Crippen MR) is 92.7 cm³/mol. The zero-order valence-electron chi connectivity index (χ0n) is 13.8. The van der Waals surface area contributed by atoms with Crippen LogP contribution in [0.5, 0.6) is 5.75 Å². The molecule has 0 radical (unpaired) electrons. The Morgan fingerprint density at radius 3 is 2.84 bits per heavy atom. The van der Waals surface area contributed by atoms with Gasteiger partial charge in [0.05, 0.1) is 18.2 Å². The van der Waals surface area contributed by atoms with Crippen LogP contribution >= 0.6 is 11.3 Å². The highest BCUT2D eigenvalue weighted by Gasteiger charge is 2.54. The number of ether oxygens (including phenoxy) is 1. The normalized spacial score (nSPS) is 15.0. The maximum Gasteiger partial charge on any atom is 0.238 e. The number of nitrogens with zero attached hydrogens (tertiary/aromatic N) is 3. The molecule has 0 aliphatic heterocycles. The molecule has 128 valence electrons. The van der Waals surface area contributed by atoms with Gasteiger partial charge in [-0.3, -0.25) is 10.1 Å². The fraction of sp³-hybridized carbons (Fsp3) is 0.294. The van der Waals surface area contributed by atoms with Crippen LogP contribution in [0.3, 0.4) is 0 Å². The highest BCUT2D eigenvalue weighted by Crippen LogP contribution is 2.49. The van der Waals surface area contributed by atoms with Gasteiger partial charge in [0, 0.05) is 11.6 Å². The average Bonchev–Trinajstić information content (AvgIpc) is 3.10. The number of carbonyl (C=O) groups excluding carboxylic acids is 1. The zero-order chi connectivity index (χ0) is 17.4. The minimum absolute atomic E-state index is 0.117. The van der Waals surface area contributed by atoms with Gasteiger partial charge in [0.15, 0.2) is 5.76 Å². The summed E-state index contributed by atoms with van der Waals surface area (Å²) in [5.74, 6) is 1.23. The molecule has 3 aromatic rings. The molecular formula is C17H16N4O3S. The molecule has 8 heteroatoms. The first-order chi connectivity index (χ1) is 12.1. The molecule has 1 aliphatic rings. The third-order valence-electron chi connectivity index (χ3n) is 4.29. The van der Waals surface area contributed by atoms with Crippen LogP contribution in [0.4, 0.5) is 5.13 Å². The fourth-order valence-electron chi connectivity index (χ4n) is 2.70. The summed E-state index contributed by atoms with van der Waals surface area (Å²) < 4.78 is 10.7. The summed E-state index contributed by atoms with van der Waals surface area (Å²) in [7, 11) is 1.61. The topological polar surface area (TPSA) is 90.1 Å². The van der Waals surface area contributed by atoms with E-state index >= 15 is 0 Å². The standard InChI is InChI=1S/C17H16N4O3S/c1-10-19-20-16(25-10)18-15(22)17(6-7-17)14-9-13(24-21-14)11-4-3-5-12(8-11)23-2/h3-5,8-9H,6-7H2,1-2H3,(H,18,20,22). The van der Waals surface area contributed by atoms with E-state index in [4.69, 9.17) is 9.26 Å². The number of methoxy groups -OCH3 is 1. The lowest BCUT2D eigenvalue weighted by atomic mass is 10.0. The van der Waals surface area contributed by atoms with Crippen molar-refractivity contribution in [2.45, 2.75) is 25.2 Å². The van der Waals surface area contributed by atoms with Gasteiger partial charge in [-0.25, -0.2) is 0 Å². The van der Waals surface area contributed by atoms with Crippen molar-refractivity contribution < 1.29 is 14.1 Å². The highest BCUT2D eigenvalue weighted by molar-refractivity contribution is 7.15. The highest BCUT2D eigenvalue weighted by atomic mass is 32.1. The van der Waals surface area contributed by atoms with Gasteiger partial charge in [-0.1, -0.05) is 28.6 Å². The van der Waals surface area contributed by atoms with Crippen LogP contribution in [-0.2, 0) is 10.2 Å². The molecule has 7 nitrogen and oxygen atoms in total. The third kappa shape index (κ3) is 2.89. The van der Waals surface area contributed by atoms with Crippen molar-refractivity contribution in [1.29, 1.82) is 0 Å². The van der Waals surface area contributed by atoms with Gasteiger partial charge in [0.25, 0.3) is 0 Å². The Balaban J connectivity index is 1.57. The lowest BCUT2D eigenvalue weighted by molar-refractivity contribution is -0.118. The summed E-state index contributed by atoms with van der Waals surface area (Å²) in [6, 6.07) is 9.35. The van der Waals surface area contributed by atoms with Crippen molar-refractivity contribution in [2.24, 2.45) is 0 Å². The summed E-state index contributed by atoms with van der Waals surface area (Å²) in [6.45, 7) is 1.85. The van der Waals surface area contributed by atoms with E-state index in [2.05, 4.69) is 20.7 Å². The van der Waals surface area contributed by atoms with E-state index in [0.29, 0.717) is 16.6 Å². The smallest absolute Gasteiger partial charge is 0.238 e. The first-order valence-electron chi connectivity index (χ1n) is 7.84. The Labute approximate surface area is 148 Å². The summed E-state index contributed by atoms with van der Waals surface area (Å²) >= 11 is 1.35. The number of anilines is 1. The molecule has 25 heavy (non-hydrogen) atoms. The van der Waals surface area contributed by atoms with Crippen LogP contribution in [0, 0.1) is 6.92 Å². The van der Waals surface area contributed by atoms with Gasteiger partial charge >= 0.3 is 0 Å². The Morgan fingerprint density at radius 1 is 1.32 bits per heavy atom. The van der Waals surface area contributed by atoms with Crippen LogP contribution in [-0.4, -0.2) is 28.4 Å². The van der Waals surface area contributed by atoms with Crippen molar-refractivity contribution in [3.8, 4) is 17.1 Å². The van der Waals surface area contributed by atoms with Gasteiger partial charge in [-0.15, -0.1) is 10.2 Å². The van der Waals surface area contributed by atoms with Crippen LogP contribution < -0.4 is 10.1 Å². The SMILES string of the molecule is COc1cccc(-c2cc(C3(C(=O)Nc4nnc(C)s4)CC3)no2)c1. The van der Waals surface area contributed by atoms with E-state index in [1.807, 2.05) is 37.3 Å². The Morgan fingerprint density at radius 2 is 2.16 bits per heavy atom. The van der Waals surface area contributed by atoms with Crippen molar-refractivity contribution >= 4 is 22.4 Å². The van der Waals surface area contributed by atoms with E-state index in [1.165, 1.54) is 11.3 Å². The fourth-order valence-corrected chi connectivity index (χ4v) is 3.29. The van der Waals surface area contributed by atoms with Gasteiger partial charge in [-0.2, -0.15) is 0 Å². The van der Waals surface area contributed by atoms with Gasteiger partial charge in [0.2, 0.25) is 11.0 Å². The molecule has 0 saturated heterocycles. The minimum Gasteiger partial charge on any atom is -0.497 e. The van der Waals surface area contributed by atoms with E-state index in [0.717, 1.165) is 29.2 Å². The number of carbonyl (C=O) groups is 1. The van der Waals surface area contributed by atoms with E-state index in [-0.39, 0.29) is 5.91 Å². The first-order valence-corrected chi connectivity index (χ1v) is 8.65. The monoisotopic (exact) mass is 356 g/mol. The number of aromatic nitrogens is 3. The number of rotatable bonds is 5. The molecule has 2 heterocycles. The maximum atomic E-state index is 12.7. The van der Waals surface area contributed by atoms with Crippen LogP contribution in [0.2, 0.25) is 0 Å². The number of hydrogen-bond acceptors (Lipinski definition) is 7. The number of amides is 1. The lowest BCUT2D eigenvalue weighted by Gasteiger charge is -2.09. The van der Waals surface area contributed by atoms with E-state index in [9.17, 15) is 4.79 Å². The molecule has 1 saturated carbocycles. The number of aryl methyl sites for hydroxylation is 1. The van der Waals surface area contributed by atoms with Crippen molar-refractivity contribution in [3.05, 3.63) is 41.0 Å². The molecule has 0 unspecified atom stereocenters. The molecule has 4 rings (SSSR count). The number of benzene rings is 1. The largest absolute Gasteiger partial charge is 0.497 e. The quantitative estimate of drug-likeness (QED) is 0.755. The van der Waals surface area contributed by atoms with Gasteiger partial charge in [0.1, 0.15) is 10.8 Å². The molecule has 0 bridgehead atoms. The second-order valence-electron chi connectivity index (χ2n) is 5.97. The van der Waals surface area contributed by atoms with Crippen molar-refractivity contribution in [1.82, 2.24) is 15.4 Å². The van der Waals surface area contributed by atoms with Crippen LogP contribution in [0.1, 0.15) is 23.5 Å². The maximum absolute atomic E-state index is 12.7. The number of hydrogen-bond donors (Lipinski definition) is 1. The van der Waals surface area contributed by atoms with Gasteiger partial charge < -0.3 is 9.26 Å². The van der Waals surface area contributed by atoms with Crippen LogP contribution in [0.15, 0.2) is 34.9 Å². The second kappa shape index (κ2) is 5.96. The first kappa shape index (κ1) is 15.8. The van der Waals surface area contributed by atoms with Gasteiger partial charge in [-0.05, 0) is 31.9 Å². The summed E-state index contributed by atoms with van der Waals surface area (Å²) in [5, 5.41) is 16.1. The molecule has 1 fully saturated rings. The minimum atomic E-state index is -0.639. The lowest BCUT2D eigenvalue weighted by Crippen LogP contribution is -2.28. The van der Waals surface area contributed by atoms with Crippen LogP contribution in [0.25, 0.3) is 11.3 Å². The molecule has 0 spiro atoms. The molecule has 1 N–H and O–H groups in total. The summed E-state index contributed by atoms with van der Waals surface area (Å²) in [4.78, 5) is 12.7. The Bertz CT molecular complexity index is 929. The van der Waals surface area contributed by atoms with E-state index < -0.39 is 5.41 Å². The molecule has 1 aliphatic carbocycles. The van der Waals surface area contributed by atoms with Crippen molar-refractivity contribution in [3.63, 3.8) is 0 Å². The second-order valence-corrected chi connectivity index (χ2v) is 7.15. The molecule has 2 aromatic heterocycles. The molecule has 1 amide bonds. The Kier molecular flexibility index (Phi) is 3.76. The molecular weight excluding hydrogens is 340 g/mol. The average molecular weight is 356 g/mol. The summed E-state index contributed by atoms with van der Waals surface area (Å²) in [5.41, 5.74) is 0.860. The van der Waals surface area contributed by atoms with E-state index in [1.54, 1.807) is 7.11 Å². The van der Waals surface area contributed by atoms with Crippen molar-refractivity contribution in [2.75, 3.05) is 12.4 Å². The predicted octanol–water partition coefficient (Wildman–Crippen LogP) is 3.18. The Hall–Kier alpha value is -2.74. The zero-order valence-corrected chi connectivity index (χ0v) is 14.6. The summed E-state index contributed by atoms with van der Waals surface area (Å²) in [6.07, 6.45) is 1.47. The molecule has 1 aromatic carbocycles. The molecule has 0 atom stereocenters. The number of nitrogens with one attached hydrogen (secondary N) is 1. The third-order valence-corrected chi connectivity index (χ3v) is 5.04.